The van der Waals surface area contributed by atoms with Gasteiger partial charge < -0.3 is 5.32 Å². The van der Waals surface area contributed by atoms with Crippen LogP contribution in [0.15, 0.2) is 4.99 Å². The standard InChI is InChI=1S/C7H18N4/c1-6(2)4-5-10-7(9-3)11-8/h6H,4-5,8H2,1-3H3,(H2,9,10,11). The van der Waals surface area contributed by atoms with Gasteiger partial charge in [-0.2, -0.15) is 0 Å². The second kappa shape index (κ2) is 5.97. The first-order valence-corrected chi connectivity index (χ1v) is 3.88. The predicted molar refractivity (Wildman–Crippen MR) is 48.1 cm³/mol. The van der Waals surface area contributed by atoms with Gasteiger partial charge in [0.15, 0.2) is 0 Å². The summed E-state index contributed by atoms with van der Waals surface area (Å²) in [4.78, 5) is 3.87. The Hall–Kier alpha value is -0.770. The van der Waals surface area contributed by atoms with E-state index in [4.69, 9.17) is 5.84 Å². The first-order chi connectivity index (χ1) is 5.20. The van der Waals surface area contributed by atoms with Crippen molar-refractivity contribution in [2.75, 3.05) is 13.6 Å². The molecule has 0 spiro atoms. The minimum absolute atomic E-state index is 0.644. The monoisotopic (exact) mass is 158 g/mol. The van der Waals surface area contributed by atoms with Gasteiger partial charge in [-0.1, -0.05) is 13.8 Å². The van der Waals surface area contributed by atoms with Crippen molar-refractivity contribution < 1.29 is 0 Å². The zero-order chi connectivity index (χ0) is 8.69. The molecule has 0 radical (unpaired) electrons. The summed E-state index contributed by atoms with van der Waals surface area (Å²) in [6.07, 6.45) is 1.13. The summed E-state index contributed by atoms with van der Waals surface area (Å²) in [6.45, 7) is 5.27. The topological polar surface area (TPSA) is 62.4 Å². The third kappa shape index (κ3) is 5.66. The molecular formula is C7H18N4. The molecule has 0 aliphatic heterocycles. The summed E-state index contributed by atoms with van der Waals surface area (Å²) in [5, 5.41) is 3.06. The molecule has 0 rings (SSSR count). The van der Waals surface area contributed by atoms with Gasteiger partial charge in [-0.15, -0.1) is 0 Å². The minimum Gasteiger partial charge on any atom is -0.355 e. The molecule has 0 fully saturated rings. The molecule has 0 amide bonds. The number of hydrogen-bond donors (Lipinski definition) is 3. The molecule has 0 unspecified atom stereocenters. The van der Waals surface area contributed by atoms with Crippen LogP contribution in [-0.2, 0) is 0 Å². The second-order valence-electron chi connectivity index (χ2n) is 2.83. The zero-order valence-corrected chi connectivity index (χ0v) is 7.52. The van der Waals surface area contributed by atoms with Gasteiger partial charge in [0, 0.05) is 13.6 Å². The highest BCUT2D eigenvalue weighted by Crippen LogP contribution is 1.95. The van der Waals surface area contributed by atoms with E-state index in [1.54, 1.807) is 7.05 Å². The molecule has 66 valence electrons. The maximum Gasteiger partial charge on any atom is 0.205 e. The number of aliphatic imine (C=N–C) groups is 1. The molecule has 0 heterocycles. The smallest absolute Gasteiger partial charge is 0.205 e. The third-order valence-corrected chi connectivity index (χ3v) is 1.37. The first-order valence-electron chi connectivity index (χ1n) is 3.88. The Balaban J connectivity index is 3.37. The molecular weight excluding hydrogens is 140 g/mol. The van der Waals surface area contributed by atoms with Crippen molar-refractivity contribution in [2.45, 2.75) is 20.3 Å². The van der Waals surface area contributed by atoms with Crippen molar-refractivity contribution in [2.24, 2.45) is 16.8 Å². The van der Waals surface area contributed by atoms with Gasteiger partial charge in [0.1, 0.15) is 0 Å². The van der Waals surface area contributed by atoms with E-state index < -0.39 is 0 Å². The van der Waals surface area contributed by atoms with Gasteiger partial charge >= 0.3 is 0 Å². The van der Waals surface area contributed by atoms with Crippen molar-refractivity contribution in [3.8, 4) is 0 Å². The van der Waals surface area contributed by atoms with Gasteiger partial charge in [0.2, 0.25) is 5.96 Å². The van der Waals surface area contributed by atoms with Crippen LogP contribution in [0.2, 0.25) is 0 Å². The van der Waals surface area contributed by atoms with Crippen LogP contribution in [0.25, 0.3) is 0 Å². The lowest BCUT2D eigenvalue weighted by Crippen LogP contribution is -2.41. The molecule has 11 heavy (non-hydrogen) atoms. The lowest BCUT2D eigenvalue weighted by molar-refractivity contribution is 0.574. The molecule has 0 saturated carbocycles. The van der Waals surface area contributed by atoms with Gasteiger partial charge in [-0.3, -0.25) is 10.4 Å². The molecule has 0 aliphatic carbocycles. The Labute approximate surface area is 68.2 Å². The van der Waals surface area contributed by atoms with Crippen molar-refractivity contribution >= 4 is 5.96 Å². The fourth-order valence-corrected chi connectivity index (χ4v) is 0.674. The van der Waals surface area contributed by atoms with Crippen LogP contribution in [-0.4, -0.2) is 19.6 Å². The first kappa shape index (κ1) is 10.2. The van der Waals surface area contributed by atoms with Crippen LogP contribution in [0.5, 0.6) is 0 Å². The summed E-state index contributed by atoms with van der Waals surface area (Å²) in [6, 6.07) is 0. The molecule has 0 aromatic heterocycles. The summed E-state index contributed by atoms with van der Waals surface area (Å²) >= 11 is 0. The number of nitrogens with one attached hydrogen (secondary N) is 2. The fraction of sp³-hybridized carbons (Fsp3) is 0.857. The average molecular weight is 158 g/mol. The number of guanidine groups is 1. The van der Waals surface area contributed by atoms with E-state index in [1.165, 1.54) is 0 Å². The van der Waals surface area contributed by atoms with Crippen LogP contribution in [0.1, 0.15) is 20.3 Å². The van der Waals surface area contributed by atoms with Crippen molar-refractivity contribution in [3.63, 3.8) is 0 Å². The van der Waals surface area contributed by atoms with Gasteiger partial charge in [-0.05, 0) is 12.3 Å². The average Bonchev–Trinajstić information content (AvgIpc) is 1.98. The molecule has 4 nitrogen and oxygen atoms in total. The molecule has 0 saturated heterocycles. The van der Waals surface area contributed by atoms with E-state index in [0.717, 1.165) is 13.0 Å². The largest absolute Gasteiger partial charge is 0.355 e. The van der Waals surface area contributed by atoms with Crippen LogP contribution >= 0.6 is 0 Å². The normalized spacial score (nSPS) is 11.9. The number of nitrogens with zero attached hydrogens (tertiary/aromatic N) is 1. The van der Waals surface area contributed by atoms with Crippen LogP contribution < -0.4 is 16.6 Å². The fourth-order valence-electron chi connectivity index (χ4n) is 0.674. The Morgan fingerprint density at radius 1 is 1.55 bits per heavy atom. The predicted octanol–water partition coefficient (Wildman–Crippen LogP) is 0.0712. The lowest BCUT2D eigenvalue weighted by Gasteiger charge is -2.08. The summed E-state index contributed by atoms with van der Waals surface area (Å²) in [5.74, 6) is 6.51. The van der Waals surface area contributed by atoms with Crippen molar-refractivity contribution in [1.82, 2.24) is 10.7 Å². The van der Waals surface area contributed by atoms with E-state index in [1.807, 2.05) is 0 Å². The van der Waals surface area contributed by atoms with E-state index >= 15 is 0 Å². The number of rotatable bonds is 3. The SMILES string of the molecule is CN=C(NN)NCCC(C)C. The minimum atomic E-state index is 0.644. The summed E-state index contributed by atoms with van der Waals surface area (Å²) < 4.78 is 0. The Kier molecular flexibility index (Phi) is 5.56. The van der Waals surface area contributed by atoms with Gasteiger partial charge in [0.05, 0.1) is 0 Å². The van der Waals surface area contributed by atoms with E-state index in [0.29, 0.717) is 11.9 Å². The Morgan fingerprint density at radius 2 is 2.18 bits per heavy atom. The van der Waals surface area contributed by atoms with Gasteiger partial charge in [0.25, 0.3) is 0 Å². The molecule has 0 aromatic carbocycles. The second-order valence-corrected chi connectivity index (χ2v) is 2.83. The number of hydrazine groups is 1. The lowest BCUT2D eigenvalue weighted by atomic mass is 10.1. The highest BCUT2D eigenvalue weighted by atomic mass is 15.3. The quantitative estimate of drug-likeness (QED) is 0.236. The molecule has 0 bridgehead atoms. The molecule has 0 atom stereocenters. The third-order valence-electron chi connectivity index (χ3n) is 1.37. The Morgan fingerprint density at radius 3 is 2.55 bits per heavy atom. The molecule has 0 aliphatic rings. The highest BCUT2D eigenvalue weighted by molar-refractivity contribution is 5.78. The highest BCUT2D eigenvalue weighted by Gasteiger charge is 1.94. The molecule has 4 N–H and O–H groups in total. The molecule has 4 heteroatoms. The maximum atomic E-state index is 5.16. The number of hydrogen-bond acceptors (Lipinski definition) is 2. The molecule has 0 aromatic rings. The summed E-state index contributed by atoms with van der Waals surface area (Å²) in [7, 11) is 1.69. The van der Waals surface area contributed by atoms with Crippen molar-refractivity contribution in [3.05, 3.63) is 0 Å². The van der Waals surface area contributed by atoms with Crippen LogP contribution in [0, 0.1) is 5.92 Å². The Bertz CT molecular complexity index is 120. The van der Waals surface area contributed by atoms with E-state index in [-0.39, 0.29) is 0 Å². The maximum absolute atomic E-state index is 5.16. The number of nitrogens with two attached hydrogens (primary N) is 1. The summed E-state index contributed by atoms with van der Waals surface area (Å²) in [5.41, 5.74) is 2.46. The van der Waals surface area contributed by atoms with Crippen LogP contribution in [0.4, 0.5) is 0 Å². The zero-order valence-electron chi connectivity index (χ0n) is 7.52. The van der Waals surface area contributed by atoms with E-state index in [9.17, 15) is 0 Å². The van der Waals surface area contributed by atoms with E-state index in [2.05, 4.69) is 29.6 Å². The van der Waals surface area contributed by atoms with Crippen LogP contribution in [0.3, 0.4) is 0 Å². The van der Waals surface area contributed by atoms with Crippen molar-refractivity contribution in [1.29, 1.82) is 0 Å². The van der Waals surface area contributed by atoms with Gasteiger partial charge in [-0.25, -0.2) is 5.84 Å².